The van der Waals surface area contributed by atoms with Crippen LogP contribution in [0.1, 0.15) is 39.1 Å². The van der Waals surface area contributed by atoms with Crippen LogP contribution in [0, 0.1) is 30.6 Å². The number of aromatic nitrogens is 2. The van der Waals surface area contributed by atoms with E-state index in [4.69, 9.17) is 0 Å². The van der Waals surface area contributed by atoms with Crippen molar-refractivity contribution in [1.29, 1.82) is 0 Å². The van der Waals surface area contributed by atoms with Crippen molar-refractivity contribution in [2.45, 2.75) is 41.5 Å². The summed E-state index contributed by atoms with van der Waals surface area (Å²) in [6.45, 7) is 14.3. The van der Waals surface area contributed by atoms with Crippen LogP contribution in [0.15, 0.2) is 6.20 Å². The summed E-state index contributed by atoms with van der Waals surface area (Å²) in [5, 5.41) is 3.41. The Morgan fingerprint density at radius 2 is 1.71 bits per heavy atom. The number of hydrogen-bond donors (Lipinski definition) is 1. The van der Waals surface area contributed by atoms with Crippen molar-refractivity contribution in [2.24, 2.45) is 16.7 Å². The van der Waals surface area contributed by atoms with Crippen LogP contribution in [-0.2, 0) is 0 Å². The number of hydrogen-bond acceptors (Lipinski definition) is 3. The Hall–Kier alpha value is -1.12. The predicted molar refractivity (Wildman–Crippen MR) is 71.0 cm³/mol. The summed E-state index contributed by atoms with van der Waals surface area (Å²) in [6.07, 6.45) is 1.82. The normalized spacial score (nSPS) is 21.3. The van der Waals surface area contributed by atoms with E-state index in [0.29, 0.717) is 16.7 Å². The Morgan fingerprint density at radius 3 is 2.18 bits per heavy atom. The van der Waals surface area contributed by atoms with E-state index in [9.17, 15) is 0 Å². The first-order valence-electron chi connectivity index (χ1n) is 6.31. The molecule has 1 N–H and O–H groups in total. The standard InChI is InChI=1S/C14H23N3/c1-9-10(2)17-12(8-15-9)16-7-11-13(3,4)14(11,5)6/h8,11H,7H2,1-6H3,(H,16,17). The van der Waals surface area contributed by atoms with Crippen LogP contribution in [0.4, 0.5) is 5.82 Å². The van der Waals surface area contributed by atoms with Crippen LogP contribution in [0.25, 0.3) is 0 Å². The SMILES string of the molecule is Cc1ncc(NCC2C(C)(C)C2(C)C)nc1C. The zero-order chi connectivity index (χ0) is 12.8. The molecule has 0 spiro atoms. The molecule has 94 valence electrons. The van der Waals surface area contributed by atoms with Gasteiger partial charge in [-0.2, -0.15) is 0 Å². The number of aryl methyl sites for hydroxylation is 2. The third-order valence-electron chi connectivity index (χ3n) is 5.00. The minimum atomic E-state index is 0.424. The first-order valence-corrected chi connectivity index (χ1v) is 6.31. The van der Waals surface area contributed by atoms with Gasteiger partial charge in [0.05, 0.1) is 17.6 Å². The monoisotopic (exact) mass is 233 g/mol. The zero-order valence-corrected chi connectivity index (χ0v) is 11.8. The van der Waals surface area contributed by atoms with Crippen molar-refractivity contribution in [3.05, 3.63) is 17.6 Å². The van der Waals surface area contributed by atoms with E-state index in [2.05, 4.69) is 43.0 Å². The average molecular weight is 233 g/mol. The molecule has 0 aromatic carbocycles. The van der Waals surface area contributed by atoms with Crippen LogP contribution < -0.4 is 5.32 Å². The second kappa shape index (κ2) is 3.69. The molecule has 0 atom stereocenters. The average Bonchev–Trinajstić information content (AvgIpc) is 2.61. The van der Waals surface area contributed by atoms with E-state index in [-0.39, 0.29) is 0 Å². The summed E-state index contributed by atoms with van der Waals surface area (Å²) < 4.78 is 0. The van der Waals surface area contributed by atoms with Gasteiger partial charge in [-0.25, -0.2) is 4.98 Å². The minimum absolute atomic E-state index is 0.424. The fraction of sp³-hybridized carbons (Fsp3) is 0.714. The Morgan fingerprint density at radius 1 is 1.12 bits per heavy atom. The van der Waals surface area contributed by atoms with E-state index in [1.54, 1.807) is 0 Å². The molecule has 1 saturated carbocycles. The lowest BCUT2D eigenvalue weighted by molar-refractivity contribution is 0.457. The lowest BCUT2D eigenvalue weighted by atomic mass is 10.0. The van der Waals surface area contributed by atoms with E-state index in [0.717, 1.165) is 23.8 Å². The number of anilines is 1. The van der Waals surface area contributed by atoms with Crippen LogP contribution in [0.5, 0.6) is 0 Å². The van der Waals surface area contributed by atoms with Crippen molar-refractivity contribution in [3.63, 3.8) is 0 Å². The van der Waals surface area contributed by atoms with Gasteiger partial charge in [-0.1, -0.05) is 27.7 Å². The van der Waals surface area contributed by atoms with Crippen molar-refractivity contribution in [3.8, 4) is 0 Å². The summed E-state index contributed by atoms with van der Waals surface area (Å²) in [7, 11) is 0. The Bertz CT molecular complexity index is 421. The molecule has 0 unspecified atom stereocenters. The topological polar surface area (TPSA) is 37.8 Å². The lowest BCUT2D eigenvalue weighted by Gasteiger charge is -2.08. The molecule has 1 aromatic heterocycles. The van der Waals surface area contributed by atoms with Crippen molar-refractivity contribution >= 4 is 5.82 Å². The first kappa shape index (κ1) is 12.3. The van der Waals surface area contributed by atoms with Gasteiger partial charge in [0.25, 0.3) is 0 Å². The molecule has 1 aliphatic rings. The summed E-state index contributed by atoms with van der Waals surface area (Å²) in [6, 6.07) is 0. The molecule has 3 heteroatoms. The highest BCUT2D eigenvalue weighted by molar-refractivity contribution is 5.34. The zero-order valence-electron chi connectivity index (χ0n) is 11.8. The van der Waals surface area contributed by atoms with E-state index >= 15 is 0 Å². The molecular weight excluding hydrogens is 210 g/mol. The maximum Gasteiger partial charge on any atom is 0.144 e. The molecule has 1 aromatic rings. The molecule has 0 aliphatic heterocycles. The molecule has 0 bridgehead atoms. The largest absolute Gasteiger partial charge is 0.368 e. The van der Waals surface area contributed by atoms with Gasteiger partial charge in [0.1, 0.15) is 5.82 Å². The Labute approximate surface area is 104 Å². The summed E-state index contributed by atoms with van der Waals surface area (Å²) >= 11 is 0. The highest BCUT2D eigenvalue weighted by Gasteiger charge is 2.64. The molecule has 0 radical (unpaired) electrons. The highest BCUT2D eigenvalue weighted by atomic mass is 15.0. The van der Waals surface area contributed by atoms with Gasteiger partial charge in [-0.05, 0) is 30.6 Å². The van der Waals surface area contributed by atoms with E-state index in [1.165, 1.54) is 0 Å². The fourth-order valence-electron chi connectivity index (χ4n) is 2.68. The maximum absolute atomic E-state index is 4.49. The third-order valence-corrected chi connectivity index (χ3v) is 5.00. The van der Waals surface area contributed by atoms with Crippen molar-refractivity contribution in [2.75, 3.05) is 11.9 Å². The quantitative estimate of drug-likeness (QED) is 0.871. The molecular formula is C14H23N3. The molecule has 0 saturated heterocycles. The maximum atomic E-state index is 4.49. The summed E-state index contributed by atoms with van der Waals surface area (Å²) in [4.78, 5) is 8.82. The van der Waals surface area contributed by atoms with E-state index < -0.39 is 0 Å². The van der Waals surface area contributed by atoms with Gasteiger partial charge in [-0.3, -0.25) is 4.98 Å². The number of rotatable bonds is 3. The second-order valence-corrected chi connectivity index (χ2v) is 6.30. The van der Waals surface area contributed by atoms with Crippen molar-refractivity contribution < 1.29 is 0 Å². The predicted octanol–water partition coefficient (Wildman–Crippen LogP) is 3.19. The summed E-state index contributed by atoms with van der Waals surface area (Å²) in [5.41, 5.74) is 2.85. The lowest BCUT2D eigenvalue weighted by Crippen LogP contribution is -2.10. The van der Waals surface area contributed by atoms with Crippen molar-refractivity contribution in [1.82, 2.24) is 9.97 Å². The minimum Gasteiger partial charge on any atom is -0.368 e. The van der Waals surface area contributed by atoms with Gasteiger partial charge < -0.3 is 5.32 Å². The molecule has 1 heterocycles. The molecule has 17 heavy (non-hydrogen) atoms. The number of nitrogens with one attached hydrogen (secondary N) is 1. The fourth-order valence-corrected chi connectivity index (χ4v) is 2.68. The molecule has 1 fully saturated rings. The van der Waals surface area contributed by atoms with Gasteiger partial charge in [0.15, 0.2) is 0 Å². The molecule has 1 aliphatic carbocycles. The Balaban J connectivity index is 1.98. The van der Waals surface area contributed by atoms with Crippen LogP contribution in [0.2, 0.25) is 0 Å². The molecule has 3 nitrogen and oxygen atoms in total. The van der Waals surface area contributed by atoms with E-state index in [1.807, 2.05) is 20.0 Å². The molecule has 2 rings (SSSR count). The van der Waals surface area contributed by atoms with Gasteiger partial charge >= 0.3 is 0 Å². The van der Waals surface area contributed by atoms with Crippen LogP contribution in [0.3, 0.4) is 0 Å². The van der Waals surface area contributed by atoms with Crippen LogP contribution in [-0.4, -0.2) is 16.5 Å². The van der Waals surface area contributed by atoms with Crippen LogP contribution >= 0.6 is 0 Å². The third kappa shape index (κ3) is 1.92. The summed E-state index contributed by atoms with van der Waals surface area (Å²) in [5.74, 6) is 1.60. The Kier molecular flexibility index (Phi) is 2.68. The number of nitrogens with zero attached hydrogens (tertiary/aromatic N) is 2. The highest BCUT2D eigenvalue weighted by Crippen LogP contribution is 2.68. The first-order chi connectivity index (χ1) is 7.76. The molecule has 0 amide bonds. The van der Waals surface area contributed by atoms with Gasteiger partial charge in [0, 0.05) is 6.54 Å². The second-order valence-electron chi connectivity index (χ2n) is 6.30. The van der Waals surface area contributed by atoms with Gasteiger partial charge in [-0.15, -0.1) is 0 Å². The van der Waals surface area contributed by atoms with Gasteiger partial charge in [0.2, 0.25) is 0 Å². The smallest absolute Gasteiger partial charge is 0.144 e.